The van der Waals surface area contributed by atoms with Crippen LogP contribution in [0, 0.1) is 13.8 Å². The SMILES string of the molecule is Cc1coc(-c2ccc(C)c(Br)c2)n1. The molecule has 0 spiro atoms. The first-order chi connectivity index (χ1) is 6.66. The van der Waals surface area contributed by atoms with Gasteiger partial charge in [0.2, 0.25) is 5.89 Å². The molecule has 2 nitrogen and oxygen atoms in total. The van der Waals surface area contributed by atoms with Crippen LogP contribution in [0.15, 0.2) is 33.4 Å². The lowest BCUT2D eigenvalue weighted by Gasteiger charge is -1.99. The Labute approximate surface area is 91.1 Å². The van der Waals surface area contributed by atoms with Crippen LogP contribution in [-0.4, -0.2) is 4.98 Å². The van der Waals surface area contributed by atoms with Gasteiger partial charge in [-0.25, -0.2) is 4.98 Å². The molecule has 0 saturated carbocycles. The molecular formula is C11H10BrNO. The molecule has 0 bridgehead atoms. The van der Waals surface area contributed by atoms with Gasteiger partial charge in [0.15, 0.2) is 0 Å². The number of rotatable bonds is 1. The second kappa shape index (κ2) is 3.58. The van der Waals surface area contributed by atoms with E-state index < -0.39 is 0 Å². The third-order valence-electron chi connectivity index (χ3n) is 2.04. The minimum atomic E-state index is 0.670. The van der Waals surface area contributed by atoms with E-state index in [0.717, 1.165) is 15.7 Å². The average molecular weight is 252 g/mol. The molecule has 0 aliphatic heterocycles. The quantitative estimate of drug-likeness (QED) is 0.773. The third-order valence-corrected chi connectivity index (χ3v) is 2.89. The Morgan fingerprint density at radius 1 is 1.29 bits per heavy atom. The van der Waals surface area contributed by atoms with E-state index in [1.165, 1.54) is 5.56 Å². The lowest BCUT2D eigenvalue weighted by molar-refractivity contribution is 0.573. The van der Waals surface area contributed by atoms with Gasteiger partial charge < -0.3 is 4.42 Å². The molecule has 0 fully saturated rings. The van der Waals surface area contributed by atoms with Gasteiger partial charge >= 0.3 is 0 Å². The fourth-order valence-electron chi connectivity index (χ4n) is 1.21. The van der Waals surface area contributed by atoms with E-state index in [0.29, 0.717) is 5.89 Å². The van der Waals surface area contributed by atoms with Crippen LogP contribution in [-0.2, 0) is 0 Å². The van der Waals surface area contributed by atoms with Crippen molar-refractivity contribution in [1.29, 1.82) is 0 Å². The smallest absolute Gasteiger partial charge is 0.226 e. The fourth-order valence-corrected chi connectivity index (χ4v) is 1.59. The van der Waals surface area contributed by atoms with Gasteiger partial charge in [0, 0.05) is 10.0 Å². The molecule has 0 N–H and O–H groups in total. The zero-order valence-corrected chi connectivity index (χ0v) is 9.63. The first-order valence-corrected chi connectivity index (χ1v) is 5.15. The van der Waals surface area contributed by atoms with Crippen LogP contribution in [0.4, 0.5) is 0 Å². The van der Waals surface area contributed by atoms with Gasteiger partial charge in [0.1, 0.15) is 6.26 Å². The maximum atomic E-state index is 5.31. The molecule has 1 heterocycles. The van der Waals surface area contributed by atoms with Crippen molar-refractivity contribution in [3.05, 3.63) is 40.2 Å². The Balaban J connectivity index is 2.47. The lowest BCUT2D eigenvalue weighted by atomic mass is 10.1. The van der Waals surface area contributed by atoms with Gasteiger partial charge in [0.25, 0.3) is 0 Å². The van der Waals surface area contributed by atoms with Crippen molar-refractivity contribution in [3.8, 4) is 11.5 Å². The van der Waals surface area contributed by atoms with Gasteiger partial charge in [-0.15, -0.1) is 0 Å². The second-order valence-electron chi connectivity index (χ2n) is 3.26. The maximum absolute atomic E-state index is 5.31. The maximum Gasteiger partial charge on any atom is 0.226 e. The predicted octanol–water partition coefficient (Wildman–Crippen LogP) is 3.72. The van der Waals surface area contributed by atoms with Crippen molar-refractivity contribution in [3.63, 3.8) is 0 Å². The minimum absolute atomic E-state index is 0.670. The molecule has 3 heteroatoms. The highest BCUT2D eigenvalue weighted by Gasteiger charge is 2.05. The van der Waals surface area contributed by atoms with E-state index in [4.69, 9.17) is 4.42 Å². The van der Waals surface area contributed by atoms with Crippen molar-refractivity contribution in [1.82, 2.24) is 4.98 Å². The van der Waals surface area contributed by atoms with E-state index in [2.05, 4.69) is 27.8 Å². The zero-order chi connectivity index (χ0) is 10.1. The Morgan fingerprint density at radius 3 is 2.64 bits per heavy atom. The summed E-state index contributed by atoms with van der Waals surface area (Å²) in [7, 11) is 0. The zero-order valence-electron chi connectivity index (χ0n) is 8.04. The van der Waals surface area contributed by atoms with Crippen LogP contribution in [0.25, 0.3) is 11.5 Å². The second-order valence-corrected chi connectivity index (χ2v) is 4.11. The number of hydrogen-bond donors (Lipinski definition) is 0. The minimum Gasteiger partial charge on any atom is -0.444 e. The molecule has 1 aromatic heterocycles. The van der Waals surface area contributed by atoms with Crippen molar-refractivity contribution >= 4 is 15.9 Å². The Hall–Kier alpha value is -1.09. The summed E-state index contributed by atoms with van der Waals surface area (Å²) >= 11 is 3.48. The lowest BCUT2D eigenvalue weighted by Crippen LogP contribution is -1.80. The predicted molar refractivity (Wildman–Crippen MR) is 59.1 cm³/mol. The summed E-state index contributed by atoms with van der Waals surface area (Å²) in [5.74, 6) is 0.670. The van der Waals surface area contributed by atoms with Gasteiger partial charge in [-0.1, -0.05) is 22.0 Å². The average Bonchev–Trinajstić information content (AvgIpc) is 2.57. The van der Waals surface area contributed by atoms with Crippen LogP contribution in [0.2, 0.25) is 0 Å². The molecule has 0 saturated heterocycles. The van der Waals surface area contributed by atoms with Crippen molar-refractivity contribution in [2.75, 3.05) is 0 Å². The number of oxazole rings is 1. The standard InChI is InChI=1S/C11H10BrNO/c1-7-3-4-9(5-10(7)12)11-13-8(2)6-14-11/h3-6H,1-2H3. The van der Waals surface area contributed by atoms with Crippen LogP contribution < -0.4 is 0 Å². The highest BCUT2D eigenvalue weighted by atomic mass is 79.9. The molecule has 1 aromatic carbocycles. The van der Waals surface area contributed by atoms with Crippen LogP contribution in [0.5, 0.6) is 0 Å². The third kappa shape index (κ3) is 1.73. The topological polar surface area (TPSA) is 26.0 Å². The first kappa shape index (κ1) is 9.46. The normalized spacial score (nSPS) is 10.5. The summed E-state index contributed by atoms with van der Waals surface area (Å²) in [4.78, 5) is 4.26. The highest BCUT2D eigenvalue weighted by Crippen LogP contribution is 2.24. The van der Waals surface area contributed by atoms with Gasteiger partial charge in [-0.3, -0.25) is 0 Å². The van der Waals surface area contributed by atoms with E-state index in [1.54, 1.807) is 6.26 Å². The number of aryl methyl sites for hydroxylation is 2. The first-order valence-electron chi connectivity index (χ1n) is 4.35. The summed E-state index contributed by atoms with van der Waals surface area (Å²) < 4.78 is 6.39. The van der Waals surface area contributed by atoms with E-state index >= 15 is 0 Å². The fraction of sp³-hybridized carbons (Fsp3) is 0.182. The van der Waals surface area contributed by atoms with E-state index in [9.17, 15) is 0 Å². The summed E-state index contributed by atoms with van der Waals surface area (Å²) in [5, 5.41) is 0. The number of halogens is 1. The molecule has 0 aliphatic rings. The summed E-state index contributed by atoms with van der Waals surface area (Å²) in [6, 6.07) is 6.06. The summed E-state index contributed by atoms with van der Waals surface area (Å²) in [6.45, 7) is 3.96. The van der Waals surface area contributed by atoms with Gasteiger partial charge in [-0.2, -0.15) is 0 Å². The molecular weight excluding hydrogens is 242 g/mol. The monoisotopic (exact) mass is 251 g/mol. The molecule has 0 unspecified atom stereocenters. The Morgan fingerprint density at radius 2 is 2.07 bits per heavy atom. The molecule has 2 rings (SSSR count). The number of nitrogens with zero attached hydrogens (tertiary/aromatic N) is 1. The van der Waals surface area contributed by atoms with Crippen molar-refractivity contribution in [2.45, 2.75) is 13.8 Å². The summed E-state index contributed by atoms with van der Waals surface area (Å²) in [6.07, 6.45) is 1.66. The van der Waals surface area contributed by atoms with Gasteiger partial charge in [-0.05, 0) is 31.5 Å². The van der Waals surface area contributed by atoms with Crippen molar-refractivity contribution in [2.24, 2.45) is 0 Å². The molecule has 0 atom stereocenters. The molecule has 14 heavy (non-hydrogen) atoms. The van der Waals surface area contributed by atoms with E-state index in [-0.39, 0.29) is 0 Å². The van der Waals surface area contributed by atoms with Crippen LogP contribution in [0.1, 0.15) is 11.3 Å². The number of benzene rings is 1. The Bertz CT molecular complexity index is 462. The Kier molecular flexibility index (Phi) is 2.42. The molecule has 2 aromatic rings. The molecule has 0 aliphatic carbocycles. The largest absolute Gasteiger partial charge is 0.444 e. The molecule has 0 amide bonds. The highest BCUT2D eigenvalue weighted by molar-refractivity contribution is 9.10. The number of hydrogen-bond acceptors (Lipinski definition) is 2. The van der Waals surface area contributed by atoms with E-state index in [1.807, 2.05) is 25.1 Å². The van der Waals surface area contributed by atoms with Gasteiger partial charge in [0.05, 0.1) is 5.69 Å². The summed E-state index contributed by atoms with van der Waals surface area (Å²) in [5.41, 5.74) is 3.10. The van der Waals surface area contributed by atoms with Crippen LogP contribution in [0.3, 0.4) is 0 Å². The molecule has 72 valence electrons. The van der Waals surface area contributed by atoms with Crippen LogP contribution >= 0.6 is 15.9 Å². The van der Waals surface area contributed by atoms with Crippen molar-refractivity contribution < 1.29 is 4.42 Å². The number of aromatic nitrogens is 1. The molecule has 0 radical (unpaired) electrons.